The molecular weight excluding hydrogens is 379 g/mol. The zero-order valence-electron chi connectivity index (χ0n) is 13.2. The van der Waals surface area contributed by atoms with E-state index in [0.717, 1.165) is 21.7 Å². The molecule has 128 valence electrons. The Bertz CT molecular complexity index is 893. The molecule has 5 nitrogen and oxygen atoms in total. The van der Waals surface area contributed by atoms with Gasteiger partial charge in [0.15, 0.2) is 0 Å². The van der Waals surface area contributed by atoms with Gasteiger partial charge in [-0.05, 0) is 35.8 Å². The molecule has 1 aromatic carbocycles. The normalized spacial score (nSPS) is 16.2. The van der Waals surface area contributed by atoms with Gasteiger partial charge in [0.05, 0.1) is 23.7 Å². The molecule has 8 heteroatoms. The monoisotopic (exact) mass is 392 g/mol. The van der Waals surface area contributed by atoms with Gasteiger partial charge in [-0.15, -0.1) is 0 Å². The maximum Gasteiger partial charge on any atom is 0.262 e. The van der Waals surface area contributed by atoms with E-state index in [9.17, 15) is 4.79 Å². The SMILES string of the molecule is O=C(CN1C=Cc2sncc2C1)N1CCC(c2cc(Cl)ccc2Cl)=N1. The molecule has 0 saturated heterocycles. The molecule has 25 heavy (non-hydrogen) atoms. The maximum atomic E-state index is 12.6. The van der Waals surface area contributed by atoms with Crippen molar-refractivity contribution in [3.8, 4) is 0 Å². The highest BCUT2D eigenvalue weighted by Gasteiger charge is 2.25. The summed E-state index contributed by atoms with van der Waals surface area (Å²) in [6.07, 6.45) is 6.45. The molecule has 0 atom stereocenters. The van der Waals surface area contributed by atoms with Crippen LogP contribution < -0.4 is 0 Å². The van der Waals surface area contributed by atoms with Crippen LogP contribution in [0.1, 0.15) is 22.4 Å². The first-order chi connectivity index (χ1) is 12.1. The summed E-state index contributed by atoms with van der Waals surface area (Å²) in [6, 6.07) is 5.27. The van der Waals surface area contributed by atoms with E-state index in [2.05, 4.69) is 9.47 Å². The van der Waals surface area contributed by atoms with Crippen molar-refractivity contribution in [1.82, 2.24) is 14.3 Å². The van der Waals surface area contributed by atoms with Gasteiger partial charge in [-0.3, -0.25) is 4.79 Å². The average molecular weight is 393 g/mol. The second-order valence-electron chi connectivity index (χ2n) is 5.87. The Morgan fingerprint density at radius 1 is 1.32 bits per heavy atom. The third-order valence-corrected chi connectivity index (χ3v) is 5.52. The first-order valence-corrected chi connectivity index (χ1v) is 9.32. The lowest BCUT2D eigenvalue weighted by atomic mass is 10.1. The Labute approximate surface area is 159 Å². The number of amides is 1. The van der Waals surface area contributed by atoms with Gasteiger partial charge in [0.25, 0.3) is 5.91 Å². The molecule has 2 aliphatic heterocycles. The minimum absolute atomic E-state index is 0.0376. The Kier molecular flexibility index (Phi) is 4.50. The quantitative estimate of drug-likeness (QED) is 0.796. The van der Waals surface area contributed by atoms with Crippen LogP contribution in [0.4, 0.5) is 0 Å². The molecule has 2 aliphatic rings. The minimum atomic E-state index is -0.0376. The van der Waals surface area contributed by atoms with Crippen molar-refractivity contribution in [3.05, 3.63) is 56.6 Å². The number of aromatic nitrogens is 1. The van der Waals surface area contributed by atoms with E-state index in [1.165, 1.54) is 16.5 Å². The number of hydrogen-bond acceptors (Lipinski definition) is 5. The van der Waals surface area contributed by atoms with Crippen LogP contribution in [0.15, 0.2) is 35.7 Å². The smallest absolute Gasteiger partial charge is 0.262 e. The van der Waals surface area contributed by atoms with Crippen LogP contribution in [0.5, 0.6) is 0 Å². The Hall–Kier alpha value is -1.89. The Morgan fingerprint density at radius 3 is 3.08 bits per heavy atom. The number of carbonyl (C=O) groups is 1. The number of nitrogens with zero attached hydrogens (tertiary/aromatic N) is 4. The summed E-state index contributed by atoms with van der Waals surface area (Å²) < 4.78 is 4.18. The molecule has 0 aliphatic carbocycles. The van der Waals surface area contributed by atoms with Crippen LogP contribution in [-0.4, -0.2) is 39.0 Å². The zero-order chi connectivity index (χ0) is 17.4. The van der Waals surface area contributed by atoms with Gasteiger partial charge in [0.2, 0.25) is 0 Å². The number of halogens is 2. The van der Waals surface area contributed by atoms with Crippen LogP contribution in [-0.2, 0) is 11.3 Å². The van der Waals surface area contributed by atoms with Crippen molar-refractivity contribution in [2.24, 2.45) is 5.10 Å². The first-order valence-electron chi connectivity index (χ1n) is 7.79. The van der Waals surface area contributed by atoms with Gasteiger partial charge in [0, 0.05) is 46.5 Å². The number of rotatable bonds is 3. The van der Waals surface area contributed by atoms with E-state index in [1.807, 2.05) is 23.4 Å². The van der Waals surface area contributed by atoms with Gasteiger partial charge in [-0.25, -0.2) is 9.38 Å². The molecule has 2 aromatic rings. The topological polar surface area (TPSA) is 48.8 Å². The summed E-state index contributed by atoms with van der Waals surface area (Å²) in [5, 5.41) is 7.17. The third-order valence-electron chi connectivity index (χ3n) is 4.15. The lowest BCUT2D eigenvalue weighted by molar-refractivity contribution is -0.131. The molecule has 0 saturated carbocycles. The predicted octanol–water partition coefficient (Wildman–Crippen LogP) is 3.87. The number of hydrogen-bond donors (Lipinski definition) is 0. The molecule has 0 N–H and O–H groups in total. The van der Waals surface area contributed by atoms with E-state index >= 15 is 0 Å². The van der Waals surface area contributed by atoms with Crippen molar-refractivity contribution in [2.45, 2.75) is 13.0 Å². The lowest BCUT2D eigenvalue weighted by Crippen LogP contribution is -2.34. The van der Waals surface area contributed by atoms with Crippen molar-refractivity contribution >= 4 is 52.4 Å². The first kappa shape index (κ1) is 16.6. The van der Waals surface area contributed by atoms with Crippen LogP contribution >= 0.6 is 34.7 Å². The fraction of sp³-hybridized carbons (Fsp3) is 0.235. The van der Waals surface area contributed by atoms with Crippen molar-refractivity contribution < 1.29 is 4.79 Å². The fourth-order valence-corrected chi connectivity index (χ4v) is 3.93. The standard InChI is InChI=1S/C17H14Cl2N4OS/c18-12-1-2-14(19)13(7-12)15-3-6-23(21-15)17(24)10-22-5-4-16-11(9-22)8-20-25-16/h1-2,4-5,7-8H,3,6,9-10H2. The van der Waals surface area contributed by atoms with E-state index < -0.39 is 0 Å². The molecular formula is C17H14Cl2N4OS. The van der Waals surface area contributed by atoms with Gasteiger partial charge in [-0.1, -0.05) is 23.2 Å². The molecule has 0 bridgehead atoms. The van der Waals surface area contributed by atoms with E-state index in [4.69, 9.17) is 23.2 Å². The summed E-state index contributed by atoms with van der Waals surface area (Å²) >= 11 is 13.7. The highest BCUT2D eigenvalue weighted by Crippen LogP contribution is 2.26. The van der Waals surface area contributed by atoms with Crippen LogP contribution in [0.3, 0.4) is 0 Å². The predicted molar refractivity (Wildman–Crippen MR) is 101 cm³/mol. The molecule has 0 spiro atoms. The number of fused-ring (bicyclic) bond motifs is 1. The minimum Gasteiger partial charge on any atom is -0.364 e. The second kappa shape index (κ2) is 6.78. The van der Waals surface area contributed by atoms with E-state index in [0.29, 0.717) is 29.6 Å². The largest absolute Gasteiger partial charge is 0.364 e. The zero-order valence-corrected chi connectivity index (χ0v) is 15.5. The molecule has 4 rings (SSSR count). The second-order valence-corrected chi connectivity index (χ2v) is 7.55. The van der Waals surface area contributed by atoms with Gasteiger partial charge in [0.1, 0.15) is 0 Å². The Morgan fingerprint density at radius 2 is 2.20 bits per heavy atom. The average Bonchev–Trinajstić information content (AvgIpc) is 3.25. The summed E-state index contributed by atoms with van der Waals surface area (Å²) in [5.74, 6) is -0.0376. The van der Waals surface area contributed by atoms with Crippen molar-refractivity contribution in [3.63, 3.8) is 0 Å². The third kappa shape index (κ3) is 3.42. The number of benzene rings is 1. The van der Waals surface area contributed by atoms with Crippen molar-refractivity contribution in [1.29, 1.82) is 0 Å². The lowest BCUT2D eigenvalue weighted by Gasteiger charge is -2.24. The highest BCUT2D eigenvalue weighted by atomic mass is 35.5. The van der Waals surface area contributed by atoms with Crippen LogP contribution in [0.25, 0.3) is 6.08 Å². The number of hydrazone groups is 1. The van der Waals surface area contributed by atoms with Crippen LogP contribution in [0, 0.1) is 0 Å². The van der Waals surface area contributed by atoms with Gasteiger partial charge in [-0.2, -0.15) is 5.10 Å². The van der Waals surface area contributed by atoms with E-state index in [-0.39, 0.29) is 12.5 Å². The molecule has 0 fully saturated rings. The summed E-state index contributed by atoms with van der Waals surface area (Å²) in [4.78, 5) is 15.7. The summed E-state index contributed by atoms with van der Waals surface area (Å²) in [7, 11) is 0. The molecule has 0 radical (unpaired) electrons. The van der Waals surface area contributed by atoms with E-state index in [1.54, 1.807) is 18.2 Å². The summed E-state index contributed by atoms with van der Waals surface area (Å²) in [5.41, 5.74) is 2.73. The molecule has 1 amide bonds. The fourth-order valence-electron chi connectivity index (χ4n) is 2.88. The van der Waals surface area contributed by atoms with Gasteiger partial charge < -0.3 is 4.90 Å². The van der Waals surface area contributed by atoms with Gasteiger partial charge >= 0.3 is 0 Å². The summed E-state index contributed by atoms with van der Waals surface area (Å²) in [6.45, 7) is 1.53. The van der Waals surface area contributed by atoms with Crippen molar-refractivity contribution in [2.75, 3.05) is 13.1 Å². The Balaban J connectivity index is 1.45. The molecule has 1 aromatic heterocycles. The highest BCUT2D eigenvalue weighted by molar-refractivity contribution is 7.06. The number of carbonyl (C=O) groups excluding carboxylic acids is 1. The van der Waals surface area contributed by atoms with Crippen LogP contribution in [0.2, 0.25) is 10.0 Å². The molecule has 0 unspecified atom stereocenters. The maximum absolute atomic E-state index is 12.6. The molecule has 3 heterocycles.